The van der Waals surface area contributed by atoms with E-state index in [0.717, 1.165) is 19.4 Å². The van der Waals surface area contributed by atoms with Gasteiger partial charge in [0.2, 0.25) is 5.91 Å². The summed E-state index contributed by atoms with van der Waals surface area (Å²) in [6.45, 7) is 1.13. The maximum absolute atomic E-state index is 11.7. The highest BCUT2D eigenvalue weighted by atomic mass is 16.4. The molecule has 90 valence electrons. The van der Waals surface area contributed by atoms with E-state index < -0.39 is 5.97 Å². The quantitative estimate of drug-likeness (QED) is 0.867. The lowest BCUT2D eigenvalue weighted by atomic mass is 10.0. The van der Waals surface area contributed by atoms with Crippen LogP contribution < -0.4 is 0 Å². The average Bonchev–Trinajstić information content (AvgIpc) is 2.32. The van der Waals surface area contributed by atoms with Gasteiger partial charge in [0.05, 0.1) is 5.56 Å². The molecule has 1 aromatic rings. The molecule has 0 aromatic heterocycles. The summed E-state index contributed by atoms with van der Waals surface area (Å²) in [5.41, 5.74) is 0.987. The second-order valence-corrected chi connectivity index (χ2v) is 4.23. The molecule has 0 saturated carbocycles. The minimum absolute atomic E-state index is 0.122. The molecular formula is C13H15NO3. The number of amides is 1. The van der Waals surface area contributed by atoms with Crippen molar-refractivity contribution >= 4 is 11.9 Å². The van der Waals surface area contributed by atoms with Crippen LogP contribution in [-0.4, -0.2) is 28.4 Å². The van der Waals surface area contributed by atoms with Crippen molar-refractivity contribution in [2.24, 2.45) is 0 Å². The van der Waals surface area contributed by atoms with Crippen LogP contribution in [0.4, 0.5) is 0 Å². The molecule has 0 spiro atoms. The number of benzene rings is 1. The highest BCUT2D eigenvalue weighted by Gasteiger charge is 2.20. The van der Waals surface area contributed by atoms with Crippen molar-refractivity contribution in [1.82, 2.24) is 4.90 Å². The number of hydrogen-bond donors (Lipinski definition) is 1. The zero-order valence-corrected chi connectivity index (χ0v) is 9.56. The minimum atomic E-state index is -0.940. The number of rotatable bonds is 3. The van der Waals surface area contributed by atoms with Gasteiger partial charge < -0.3 is 10.0 Å². The molecule has 17 heavy (non-hydrogen) atoms. The van der Waals surface area contributed by atoms with E-state index in [0.29, 0.717) is 18.5 Å². The zero-order chi connectivity index (χ0) is 12.3. The van der Waals surface area contributed by atoms with E-state index in [1.807, 2.05) is 0 Å². The van der Waals surface area contributed by atoms with Crippen LogP contribution in [0.1, 0.15) is 35.2 Å². The lowest BCUT2D eigenvalue weighted by Crippen LogP contribution is -2.35. The van der Waals surface area contributed by atoms with E-state index in [9.17, 15) is 9.59 Å². The van der Waals surface area contributed by atoms with Gasteiger partial charge in [-0.2, -0.15) is 0 Å². The van der Waals surface area contributed by atoms with Gasteiger partial charge in [-0.15, -0.1) is 0 Å². The molecule has 0 bridgehead atoms. The van der Waals surface area contributed by atoms with Crippen LogP contribution in [0.3, 0.4) is 0 Å². The van der Waals surface area contributed by atoms with E-state index >= 15 is 0 Å². The van der Waals surface area contributed by atoms with Gasteiger partial charge in [0.15, 0.2) is 0 Å². The fourth-order valence-corrected chi connectivity index (χ4v) is 2.10. The highest BCUT2D eigenvalue weighted by molar-refractivity contribution is 5.89. The maximum Gasteiger partial charge on any atom is 0.336 e. The van der Waals surface area contributed by atoms with E-state index in [1.54, 1.807) is 29.2 Å². The average molecular weight is 233 g/mol. The first kappa shape index (κ1) is 11.6. The van der Waals surface area contributed by atoms with Crippen LogP contribution in [0.15, 0.2) is 24.3 Å². The molecule has 1 aliphatic heterocycles. The third-order valence-corrected chi connectivity index (χ3v) is 3.03. The van der Waals surface area contributed by atoms with E-state index in [4.69, 9.17) is 5.11 Å². The summed E-state index contributed by atoms with van der Waals surface area (Å²) in [7, 11) is 0. The Morgan fingerprint density at radius 1 is 1.29 bits per heavy atom. The normalized spacial score (nSPS) is 16.0. The van der Waals surface area contributed by atoms with Gasteiger partial charge in [0.25, 0.3) is 0 Å². The van der Waals surface area contributed by atoms with Crippen molar-refractivity contribution in [3.8, 4) is 0 Å². The number of carbonyl (C=O) groups excluding carboxylic acids is 1. The monoisotopic (exact) mass is 233 g/mol. The highest BCUT2D eigenvalue weighted by Crippen LogP contribution is 2.17. The van der Waals surface area contributed by atoms with E-state index in [1.165, 1.54) is 0 Å². The van der Waals surface area contributed by atoms with Crippen molar-refractivity contribution in [3.05, 3.63) is 35.4 Å². The van der Waals surface area contributed by atoms with Gasteiger partial charge in [-0.05, 0) is 24.5 Å². The first-order chi connectivity index (χ1) is 8.18. The van der Waals surface area contributed by atoms with Gasteiger partial charge in [-0.3, -0.25) is 4.79 Å². The fraction of sp³-hybridized carbons (Fsp3) is 0.385. The zero-order valence-electron chi connectivity index (χ0n) is 9.56. The summed E-state index contributed by atoms with van der Waals surface area (Å²) in [5.74, 6) is -0.818. The largest absolute Gasteiger partial charge is 0.478 e. The van der Waals surface area contributed by atoms with Crippen molar-refractivity contribution in [2.45, 2.75) is 25.8 Å². The number of hydrogen-bond acceptors (Lipinski definition) is 2. The Balaban J connectivity index is 2.17. The molecule has 1 saturated heterocycles. The topological polar surface area (TPSA) is 57.6 Å². The Morgan fingerprint density at radius 3 is 2.76 bits per heavy atom. The molecular weight excluding hydrogens is 218 g/mol. The molecule has 0 aliphatic carbocycles. The summed E-state index contributed by atoms with van der Waals surface area (Å²) < 4.78 is 0. The van der Waals surface area contributed by atoms with Crippen molar-refractivity contribution in [3.63, 3.8) is 0 Å². The van der Waals surface area contributed by atoms with Crippen LogP contribution >= 0.6 is 0 Å². The Kier molecular flexibility index (Phi) is 3.42. The third kappa shape index (κ3) is 2.64. The number of nitrogens with zero attached hydrogens (tertiary/aromatic N) is 1. The van der Waals surface area contributed by atoms with Crippen LogP contribution in [0, 0.1) is 0 Å². The van der Waals surface area contributed by atoms with Crippen LogP contribution in [0.25, 0.3) is 0 Å². The Hall–Kier alpha value is -1.84. The number of carboxylic acids is 1. The van der Waals surface area contributed by atoms with Crippen molar-refractivity contribution < 1.29 is 14.7 Å². The molecule has 1 aromatic carbocycles. The lowest BCUT2D eigenvalue weighted by Gasteiger charge is -2.27. The Labute approximate surface area is 99.9 Å². The third-order valence-electron chi connectivity index (χ3n) is 3.03. The van der Waals surface area contributed by atoms with Crippen LogP contribution in [0.2, 0.25) is 0 Å². The second-order valence-electron chi connectivity index (χ2n) is 4.23. The molecule has 0 radical (unpaired) electrons. The minimum Gasteiger partial charge on any atom is -0.478 e. The SMILES string of the molecule is O=C(O)c1ccccc1CN1CCCCC1=O. The number of aromatic carboxylic acids is 1. The summed E-state index contributed by atoms with van der Waals surface area (Å²) in [6, 6.07) is 6.85. The molecule has 0 unspecified atom stereocenters. The van der Waals surface area contributed by atoms with Crippen molar-refractivity contribution in [1.29, 1.82) is 0 Å². The first-order valence-electron chi connectivity index (χ1n) is 5.77. The summed E-state index contributed by atoms with van der Waals surface area (Å²) in [6.07, 6.45) is 2.52. The number of carbonyl (C=O) groups is 2. The summed E-state index contributed by atoms with van der Waals surface area (Å²) in [5, 5.41) is 9.06. The van der Waals surface area contributed by atoms with Gasteiger partial charge in [-0.25, -0.2) is 4.79 Å². The standard InChI is InChI=1S/C13H15NO3/c15-12-7-3-4-8-14(12)9-10-5-1-2-6-11(10)13(16)17/h1-2,5-6H,3-4,7-9H2,(H,16,17). The van der Waals surface area contributed by atoms with Crippen LogP contribution in [-0.2, 0) is 11.3 Å². The molecule has 1 heterocycles. The molecule has 1 fully saturated rings. The summed E-state index contributed by atoms with van der Waals surface area (Å²) >= 11 is 0. The first-order valence-corrected chi connectivity index (χ1v) is 5.77. The molecule has 1 amide bonds. The Bertz CT molecular complexity index is 442. The number of piperidine rings is 1. The van der Waals surface area contributed by atoms with Gasteiger partial charge in [-0.1, -0.05) is 18.2 Å². The predicted octanol–water partition coefficient (Wildman–Crippen LogP) is 1.90. The van der Waals surface area contributed by atoms with Gasteiger partial charge >= 0.3 is 5.97 Å². The second kappa shape index (κ2) is 4.99. The number of likely N-dealkylation sites (tertiary alicyclic amines) is 1. The van der Waals surface area contributed by atoms with E-state index in [-0.39, 0.29) is 11.5 Å². The molecule has 4 nitrogen and oxygen atoms in total. The molecule has 1 aliphatic rings. The van der Waals surface area contributed by atoms with Crippen molar-refractivity contribution in [2.75, 3.05) is 6.54 Å². The molecule has 2 rings (SSSR count). The van der Waals surface area contributed by atoms with Crippen LogP contribution in [0.5, 0.6) is 0 Å². The maximum atomic E-state index is 11.7. The fourth-order valence-electron chi connectivity index (χ4n) is 2.10. The smallest absolute Gasteiger partial charge is 0.336 e. The van der Waals surface area contributed by atoms with Gasteiger partial charge in [0, 0.05) is 19.5 Å². The molecule has 1 N–H and O–H groups in total. The number of carboxylic acid groups (broad SMARTS) is 1. The molecule has 0 atom stereocenters. The molecule has 4 heteroatoms. The lowest BCUT2D eigenvalue weighted by molar-refractivity contribution is -0.133. The van der Waals surface area contributed by atoms with E-state index in [2.05, 4.69) is 0 Å². The summed E-state index contributed by atoms with van der Waals surface area (Å²) in [4.78, 5) is 24.4. The predicted molar refractivity (Wildman–Crippen MR) is 62.7 cm³/mol. The Morgan fingerprint density at radius 2 is 2.06 bits per heavy atom. The van der Waals surface area contributed by atoms with Gasteiger partial charge in [0.1, 0.15) is 0 Å².